The lowest BCUT2D eigenvalue weighted by Gasteiger charge is -2.29. The van der Waals surface area contributed by atoms with Gasteiger partial charge in [0.05, 0.1) is 17.1 Å². The van der Waals surface area contributed by atoms with Gasteiger partial charge in [-0.05, 0) is 37.8 Å². The Kier molecular flexibility index (Phi) is 5.22. The van der Waals surface area contributed by atoms with Crippen LogP contribution >= 0.6 is 0 Å². The largest absolute Gasteiger partial charge is 0.393 e. The molecule has 4 aromatic rings. The first-order chi connectivity index (χ1) is 16.2. The van der Waals surface area contributed by atoms with Crippen molar-refractivity contribution in [3.05, 3.63) is 46.8 Å². The minimum atomic E-state index is -0.209. The molecule has 4 heterocycles. The molecule has 0 spiro atoms. The number of aromatic nitrogens is 5. The summed E-state index contributed by atoms with van der Waals surface area (Å²) < 4.78 is 9.24. The number of imidazole rings is 1. The van der Waals surface area contributed by atoms with Gasteiger partial charge in [0.15, 0.2) is 0 Å². The highest BCUT2D eigenvalue weighted by atomic mass is 16.5. The molecule has 0 atom stereocenters. The predicted molar refractivity (Wildman–Crippen MR) is 123 cm³/mol. The van der Waals surface area contributed by atoms with Crippen LogP contribution in [0.5, 0.6) is 0 Å². The van der Waals surface area contributed by atoms with Gasteiger partial charge in [0, 0.05) is 32.1 Å². The maximum absolute atomic E-state index is 13.7. The molecule has 1 aliphatic carbocycles. The Morgan fingerprint density at radius 3 is 2.58 bits per heavy atom. The SMILES string of the molecule is O=c1c2c(-c3noc(C4CCCC4)n3)ncn2c2ccccc2n1CCN1CCC(O)CC1. The van der Waals surface area contributed by atoms with Gasteiger partial charge in [0.1, 0.15) is 17.5 Å². The van der Waals surface area contributed by atoms with Gasteiger partial charge in [-0.1, -0.05) is 30.1 Å². The number of aliphatic hydroxyl groups excluding tert-OH is 1. The maximum Gasteiger partial charge on any atom is 0.277 e. The Morgan fingerprint density at radius 1 is 1.03 bits per heavy atom. The average molecular weight is 449 g/mol. The fraction of sp³-hybridized carbons (Fsp3) is 0.500. The number of hydrogen-bond acceptors (Lipinski definition) is 7. The molecule has 1 saturated carbocycles. The van der Waals surface area contributed by atoms with Gasteiger partial charge in [-0.25, -0.2) is 4.98 Å². The van der Waals surface area contributed by atoms with Crippen LogP contribution in [0, 0.1) is 0 Å². The molecule has 9 nitrogen and oxygen atoms in total. The summed E-state index contributed by atoms with van der Waals surface area (Å²) >= 11 is 0. The van der Waals surface area contributed by atoms with E-state index in [-0.39, 0.29) is 11.7 Å². The van der Waals surface area contributed by atoms with Gasteiger partial charge in [-0.15, -0.1) is 0 Å². The molecule has 2 fully saturated rings. The van der Waals surface area contributed by atoms with Gasteiger partial charge < -0.3 is 19.1 Å². The van der Waals surface area contributed by atoms with Crippen LogP contribution in [-0.2, 0) is 6.54 Å². The van der Waals surface area contributed by atoms with Crippen molar-refractivity contribution in [3.63, 3.8) is 0 Å². The number of piperidine rings is 1. The lowest BCUT2D eigenvalue weighted by molar-refractivity contribution is 0.0810. The van der Waals surface area contributed by atoms with Crippen LogP contribution in [0.2, 0.25) is 0 Å². The third-order valence-corrected chi connectivity index (χ3v) is 7.20. The van der Waals surface area contributed by atoms with Gasteiger partial charge >= 0.3 is 0 Å². The molecule has 1 aromatic carbocycles. The third kappa shape index (κ3) is 3.65. The Bertz CT molecular complexity index is 1340. The summed E-state index contributed by atoms with van der Waals surface area (Å²) in [5, 5.41) is 14.0. The highest BCUT2D eigenvalue weighted by molar-refractivity contribution is 5.83. The number of fused-ring (bicyclic) bond motifs is 3. The molecule has 0 bridgehead atoms. The topological polar surface area (TPSA) is 102 Å². The van der Waals surface area contributed by atoms with Crippen LogP contribution in [0.15, 0.2) is 39.9 Å². The van der Waals surface area contributed by atoms with Crippen molar-refractivity contribution in [2.45, 2.75) is 57.1 Å². The van der Waals surface area contributed by atoms with E-state index in [0.29, 0.717) is 35.4 Å². The van der Waals surface area contributed by atoms with Crippen molar-refractivity contribution in [3.8, 4) is 11.5 Å². The summed E-state index contributed by atoms with van der Waals surface area (Å²) in [6.45, 7) is 3.02. The summed E-state index contributed by atoms with van der Waals surface area (Å²) in [4.78, 5) is 25.2. The molecule has 1 N–H and O–H groups in total. The Hall–Kier alpha value is -3.04. The normalized spacial score (nSPS) is 18.7. The standard InChI is InChI=1S/C24H28N6O3/c31-17-9-11-28(12-10-17)13-14-29-18-7-3-4-8-19(18)30-15-25-20(21(30)24(29)32)22-26-23(33-27-22)16-5-1-2-6-16/h3-4,7-8,15-17,31H,1-2,5-6,9-14H2. The van der Waals surface area contributed by atoms with Crippen LogP contribution in [0.1, 0.15) is 50.3 Å². The second-order valence-corrected chi connectivity index (χ2v) is 9.27. The highest BCUT2D eigenvalue weighted by Crippen LogP contribution is 2.34. The van der Waals surface area contributed by atoms with Crippen LogP contribution in [0.3, 0.4) is 0 Å². The number of likely N-dealkylation sites (tertiary alicyclic amines) is 1. The van der Waals surface area contributed by atoms with Crippen molar-refractivity contribution in [1.29, 1.82) is 0 Å². The second-order valence-electron chi connectivity index (χ2n) is 9.27. The highest BCUT2D eigenvalue weighted by Gasteiger charge is 2.26. The van der Waals surface area contributed by atoms with Crippen molar-refractivity contribution in [2.75, 3.05) is 19.6 Å². The number of benzene rings is 1. The van der Waals surface area contributed by atoms with E-state index in [0.717, 1.165) is 56.4 Å². The third-order valence-electron chi connectivity index (χ3n) is 7.20. The molecule has 172 valence electrons. The first kappa shape index (κ1) is 20.6. The lowest BCUT2D eigenvalue weighted by Crippen LogP contribution is -2.39. The number of nitrogens with zero attached hydrogens (tertiary/aromatic N) is 6. The van der Waals surface area contributed by atoms with E-state index in [9.17, 15) is 9.90 Å². The zero-order valence-corrected chi connectivity index (χ0v) is 18.6. The Labute approximate surface area is 190 Å². The molecule has 3 aromatic heterocycles. The summed E-state index contributed by atoms with van der Waals surface area (Å²) in [5.74, 6) is 1.33. The smallest absolute Gasteiger partial charge is 0.277 e. The first-order valence-corrected chi connectivity index (χ1v) is 11.9. The van der Waals surface area contributed by atoms with Crippen molar-refractivity contribution in [2.24, 2.45) is 0 Å². The molecular formula is C24H28N6O3. The minimum absolute atomic E-state index is 0.106. The van der Waals surface area contributed by atoms with E-state index in [1.54, 1.807) is 6.33 Å². The Balaban J connectivity index is 1.41. The predicted octanol–water partition coefficient (Wildman–Crippen LogP) is 2.81. The van der Waals surface area contributed by atoms with Gasteiger partial charge in [0.2, 0.25) is 11.7 Å². The number of aliphatic hydroxyl groups is 1. The molecule has 2 aliphatic rings. The summed E-state index contributed by atoms with van der Waals surface area (Å²) in [6, 6.07) is 7.89. The number of hydrogen-bond donors (Lipinski definition) is 1. The van der Waals surface area contributed by atoms with Crippen LogP contribution in [-0.4, -0.2) is 59.8 Å². The van der Waals surface area contributed by atoms with E-state index >= 15 is 0 Å². The molecule has 0 unspecified atom stereocenters. The first-order valence-electron chi connectivity index (χ1n) is 11.9. The molecule has 33 heavy (non-hydrogen) atoms. The van der Waals surface area contributed by atoms with E-state index in [4.69, 9.17) is 4.52 Å². The second kappa shape index (κ2) is 8.39. The maximum atomic E-state index is 13.7. The van der Waals surface area contributed by atoms with Gasteiger partial charge in [-0.3, -0.25) is 9.20 Å². The number of rotatable bonds is 5. The van der Waals surface area contributed by atoms with E-state index in [1.165, 1.54) is 12.8 Å². The molecular weight excluding hydrogens is 420 g/mol. The average Bonchev–Trinajstić information content (AvgIpc) is 3.60. The molecule has 1 saturated heterocycles. The molecule has 6 rings (SSSR count). The van der Waals surface area contributed by atoms with Crippen molar-refractivity contribution in [1.82, 2.24) is 29.0 Å². The zero-order chi connectivity index (χ0) is 22.4. The Morgan fingerprint density at radius 2 is 1.79 bits per heavy atom. The lowest BCUT2D eigenvalue weighted by atomic mass is 10.1. The summed E-state index contributed by atoms with van der Waals surface area (Å²) in [5.41, 5.74) is 2.62. The zero-order valence-electron chi connectivity index (χ0n) is 18.6. The van der Waals surface area contributed by atoms with E-state index in [2.05, 4.69) is 20.0 Å². The quantitative estimate of drug-likeness (QED) is 0.501. The molecule has 1 aliphatic heterocycles. The minimum Gasteiger partial charge on any atom is -0.393 e. The summed E-state index contributed by atoms with van der Waals surface area (Å²) in [7, 11) is 0. The summed E-state index contributed by atoms with van der Waals surface area (Å²) in [6.07, 6.45) is 7.53. The van der Waals surface area contributed by atoms with E-state index < -0.39 is 0 Å². The van der Waals surface area contributed by atoms with Gasteiger partial charge in [-0.2, -0.15) is 4.98 Å². The van der Waals surface area contributed by atoms with E-state index in [1.807, 2.05) is 33.2 Å². The van der Waals surface area contributed by atoms with Crippen LogP contribution < -0.4 is 5.56 Å². The monoisotopic (exact) mass is 448 g/mol. The van der Waals surface area contributed by atoms with Crippen LogP contribution in [0.25, 0.3) is 28.1 Å². The van der Waals surface area contributed by atoms with Crippen molar-refractivity contribution >= 4 is 16.6 Å². The fourth-order valence-electron chi connectivity index (χ4n) is 5.31. The fourth-order valence-corrected chi connectivity index (χ4v) is 5.31. The molecule has 0 amide bonds. The van der Waals surface area contributed by atoms with Gasteiger partial charge in [0.25, 0.3) is 5.56 Å². The molecule has 0 radical (unpaired) electrons. The number of para-hydroxylation sites is 2. The van der Waals surface area contributed by atoms with Crippen LogP contribution in [0.4, 0.5) is 0 Å². The molecule has 9 heteroatoms. The van der Waals surface area contributed by atoms with Crippen molar-refractivity contribution < 1.29 is 9.63 Å².